The van der Waals surface area contributed by atoms with E-state index in [0.29, 0.717) is 25.7 Å². The third kappa shape index (κ3) is 79.5. The van der Waals surface area contributed by atoms with Gasteiger partial charge in [-0.2, -0.15) is 0 Å². The molecule has 0 saturated carbocycles. The van der Waals surface area contributed by atoms with E-state index in [4.69, 9.17) is 37.0 Å². The van der Waals surface area contributed by atoms with Crippen molar-refractivity contribution in [3.63, 3.8) is 0 Å². The molecule has 0 rings (SSSR count). The second-order valence-electron chi connectivity index (χ2n) is 28.4. The molecule has 0 aromatic rings. The van der Waals surface area contributed by atoms with E-state index in [1.165, 1.54) is 77.0 Å². The average molecular weight is 1560 g/mol. The Hall–Kier alpha value is -4.54. The van der Waals surface area contributed by atoms with E-state index in [1.54, 1.807) is 0 Å². The molecule has 0 saturated heterocycles. The number of hydrogen-bond donors (Lipinski definition) is 3. The number of carbonyl (C=O) groups is 4. The number of hydrogen-bond acceptors (Lipinski definition) is 15. The number of allylic oxidation sites excluding steroid dienone is 20. The number of ether oxygens (including phenoxy) is 4. The second-order valence-corrected chi connectivity index (χ2v) is 31.3. The van der Waals surface area contributed by atoms with Crippen molar-refractivity contribution in [3.05, 3.63) is 122 Å². The lowest BCUT2D eigenvalue weighted by molar-refractivity contribution is -0.161. The standard InChI is InChI=1S/C89H154O17P2/c1-5-9-13-17-21-25-29-33-37-39-41-43-47-49-53-57-61-65-69-73-86(91)99-79-84(105-88(93)75-71-67-63-59-55-51-45-35-31-27-23-19-15-11-7-3)81-103-107(95,96)101-77-83(90)78-102-108(97,98)104-82-85(106-89(94)76-72-68-64-60-56-52-46-36-32-28-24-20-16-12-8-4)80-100-87(92)74-70-66-62-58-54-50-48-44-42-40-38-34-30-26-22-18-14-10-6-2/h9-10,13-14,21-22,25-26,33-38,41-46,83-85,90H,5-8,11-12,15-20,23-24,27-32,39-40,47-82H2,1-4H3,(H,95,96)(H,97,98)/b13-9-,14-10-,25-21-,26-22-,37-33-,38-34-,43-41-,44-42-,45-35-,46-36-. The van der Waals surface area contributed by atoms with E-state index in [9.17, 15) is 43.2 Å². The highest BCUT2D eigenvalue weighted by molar-refractivity contribution is 7.47. The van der Waals surface area contributed by atoms with E-state index in [-0.39, 0.29) is 25.7 Å². The van der Waals surface area contributed by atoms with E-state index < -0.39 is 97.5 Å². The highest BCUT2D eigenvalue weighted by Gasteiger charge is 2.30. The van der Waals surface area contributed by atoms with Crippen molar-refractivity contribution in [2.45, 2.75) is 380 Å². The first-order valence-corrected chi connectivity index (χ1v) is 45.8. The van der Waals surface area contributed by atoms with Crippen molar-refractivity contribution in [1.82, 2.24) is 0 Å². The van der Waals surface area contributed by atoms with Crippen LogP contribution < -0.4 is 0 Å². The molecule has 0 aliphatic rings. The Morgan fingerprint density at radius 2 is 0.481 bits per heavy atom. The summed E-state index contributed by atoms with van der Waals surface area (Å²) in [4.78, 5) is 73.3. The summed E-state index contributed by atoms with van der Waals surface area (Å²) in [7, 11) is -9.98. The first kappa shape index (κ1) is 103. The fourth-order valence-corrected chi connectivity index (χ4v) is 13.0. The SMILES string of the molecule is CC/C=C\C/C=C\C/C=C\C/C=C\CCCCCCCCC(=O)OCC(COP(=O)(O)OCC(O)COP(=O)(O)OCC(COC(=O)CCCCCCCC/C=C\C/C=C\C/C=C\C/C=C\CC)OC(=O)CCCCCCC/C=C\CCCCCCCC)OC(=O)CCCCCCC/C=C\CCCCCCCC. The molecule has 0 aliphatic heterocycles. The minimum absolute atomic E-state index is 0.0806. The van der Waals surface area contributed by atoms with E-state index >= 15 is 0 Å². The Balaban J connectivity index is 5.38. The number of unbranched alkanes of at least 4 members (excludes halogenated alkanes) is 34. The number of esters is 4. The van der Waals surface area contributed by atoms with Gasteiger partial charge < -0.3 is 33.8 Å². The van der Waals surface area contributed by atoms with E-state index in [0.717, 1.165) is 205 Å². The van der Waals surface area contributed by atoms with Crippen molar-refractivity contribution in [2.75, 3.05) is 39.6 Å². The van der Waals surface area contributed by atoms with Crippen molar-refractivity contribution < 1.29 is 80.2 Å². The first-order chi connectivity index (χ1) is 52.7. The van der Waals surface area contributed by atoms with Crippen LogP contribution in [-0.2, 0) is 65.4 Å². The van der Waals surface area contributed by atoms with Crippen molar-refractivity contribution in [2.24, 2.45) is 0 Å². The van der Waals surface area contributed by atoms with E-state index in [1.807, 2.05) is 0 Å². The first-order valence-electron chi connectivity index (χ1n) is 42.8. The van der Waals surface area contributed by atoms with Crippen LogP contribution in [0.1, 0.15) is 362 Å². The van der Waals surface area contributed by atoms with Gasteiger partial charge in [0.25, 0.3) is 0 Å². The van der Waals surface area contributed by atoms with Gasteiger partial charge in [0, 0.05) is 25.7 Å². The van der Waals surface area contributed by atoms with Gasteiger partial charge in [-0.1, -0.05) is 303 Å². The summed E-state index contributed by atoms with van der Waals surface area (Å²) in [5.41, 5.74) is 0. The van der Waals surface area contributed by atoms with Crippen LogP contribution in [0.3, 0.4) is 0 Å². The molecule has 3 N–H and O–H groups in total. The number of phosphoric ester groups is 2. The van der Waals surface area contributed by atoms with Crippen LogP contribution in [0.2, 0.25) is 0 Å². The van der Waals surface area contributed by atoms with Gasteiger partial charge in [0.1, 0.15) is 19.3 Å². The third-order valence-corrected chi connectivity index (χ3v) is 19.8. The largest absolute Gasteiger partial charge is 0.472 e. The lowest BCUT2D eigenvalue weighted by Gasteiger charge is -2.21. The third-order valence-electron chi connectivity index (χ3n) is 17.9. The second kappa shape index (κ2) is 80.5. The molecule has 19 heteroatoms. The Kier molecular flexibility index (Phi) is 77.1. The fraction of sp³-hybridized carbons (Fsp3) is 0.730. The minimum Gasteiger partial charge on any atom is -0.462 e. The maximum Gasteiger partial charge on any atom is 0.472 e. The van der Waals surface area contributed by atoms with Gasteiger partial charge in [-0.25, -0.2) is 9.13 Å². The van der Waals surface area contributed by atoms with Crippen molar-refractivity contribution in [3.8, 4) is 0 Å². The van der Waals surface area contributed by atoms with Crippen molar-refractivity contribution >= 4 is 39.5 Å². The van der Waals surface area contributed by atoms with Gasteiger partial charge in [0.15, 0.2) is 12.2 Å². The Bertz CT molecular complexity index is 2350. The van der Waals surface area contributed by atoms with Crippen molar-refractivity contribution in [1.29, 1.82) is 0 Å². The molecule has 17 nitrogen and oxygen atoms in total. The number of rotatable bonds is 80. The molecule has 0 bridgehead atoms. The van der Waals surface area contributed by atoms with Gasteiger partial charge in [0.05, 0.1) is 26.4 Å². The molecule has 0 radical (unpaired) electrons. The molecule has 4 unspecified atom stereocenters. The molecule has 0 amide bonds. The summed E-state index contributed by atoms with van der Waals surface area (Å²) in [6.07, 6.45) is 90.1. The Labute approximate surface area is 657 Å². The number of aliphatic hydroxyl groups excluding tert-OH is 1. The smallest absolute Gasteiger partial charge is 0.462 e. The summed E-state index contributed by atoms with van der Waals surface area (Å²) < 4.78 is 68.8. The van der Waals surface area contributed by atoms with Gasteiger partial charge in [-0.3, -0.25) is 37.3 Å². The summed E-state index contributed by atoms with van der Waals surface area (Å²) in [5, 5.41) is 10.7. The molecule has 0 spiro atoms. The van der Waals surface area contributed by atoms with E-state index in [2.05, 4.69) is 149 Å². The van der Waals surface area contributed by atoms with Gasteiger partial charge in [-0.15, -0.1) is 0 Å². The monoisotopic (exact) mass is 1560 g/mol. The summed E-state index contributed by atoms with van der Waals surface area (Å²) in [6.45, 7) is 4.64. The zero-order chi connectivity index (χ0) is 78.9. The van der Waals surface area contributed by atoms with Crippen LogP contribution >= 0.6 is 15.6 Å². The lowest BCUT2D eigenvalue weighted by Crippen LogP contribution is -2.30. The highest BCUT2D eigenvalue weighted by Crippen LogP contribution is 2.45. The van der Waals surface area contributed by atoms with Crippen LogP contribution in [-0.4, -0.2) is 96.7 Å². The Morgan fingerprint density at radius 1 is 0.269 bits per heavy atom. The van der Waals surface area contributed by atoms with Gasteiger partial charge in [-0.05, 0) is 154 Å². The summed E-state index contributed by atoms with van der Waals surface area (Å²) >= 11 is 0. The summed E-state index contributed by atoms with van der Waals surface area (Å²) in [5.74, 6) is -2.21. The minimum atomic E-state index is -4.99. The normalized spacial score (nSPS) is 14.4. The van der Waals surface area contributed by atoms with Crippen LogP contribution in [0.5, 0.6) is 0 Å². The molecule has 108 heavy (non-hydrogen) atoms. The maximum atomic E-state index is 13.1. The predicted octanol–water partition coefficient (Wildman–Crippen LogP) is 25.5. The lowest BCUT2D eigenvalue weighted by atomic mass is 10.1. The van der Waals surface area contributed by atoms with Gasteiger partial charge in [0.2, 0.25) is 0 Å². The van der Waals surface area contributed by atoms with Crippen LogP contribution in [0, 0.1) is 0 Å². The zero-order valence-electron chi connectivity index (χ0n) is 68.2. The maximum absolute atomic E-state index is 13.1. The zero-order valence-corrected chi connectivity index (χ0v) is 70.0. The quantitative estimate of drug-likeness (QED) is 0.0169. The van der Waals surface area contributed by atoms with Gasteiger partial charge >= 0.3 is 39.5 Å². The molecule has 0 heterocycles. The summed E-state index contributed by atoms with van der Waals surface area (Å²) in [6, 6.07) is 0. The number of carbonyl (C=O) groups excluding carboxylic acids is 4. The Morgan fingerprint density at radius 3 is 0.750 bits per heavy atom. The molecule has 0 aromatic carbocycles. The fourth-order valence-electron chi connectivity index (χ4n) is 11.4. The molecular formula is C89H154O17P2. The van der Waals surface area contributed by atoms with Crippen LogP contribution in [0.4, 0.5) is 0 Å². The predicted molar refractivity (Wildman–Crippen MR) is 445 cm³/mol. The van der Waals surface area contributed by atoms with Crippen LogP contribution in [0.15, 0.2) is 122 Å². The molecule has 0 aromatic heterocycles. The molecule has 0 fully saturated rings. The van der Waals surface area contributed by atoms with Crippen LogP contribution in [0.25, 0.3) is 0 Å². The number of aliphatic hydroxyl groups is 1. The molecule has 0 aliphatic carbocycles. The molecule has 622 valence electrons. The molecular weight excluding hydrogens is 1400 g/mol. The topological polar surface area (TPSA) is 237 Å². The molecule has 4 atom stereocenters. The number of phosphoric acid groups is 2. The highest BCUT2D eigenvalue weighted by atomic mass is 31.2. The average Bonchev–Trinajstić information content (AvgIpc) is 0.923.